The number of nitrogens with zero attached hydrogens (tertiary/aromatic N) is 3. The summed E-state index contributed by atoms with van der Waals surface area (Å²) in [6.07, 6.45) is 5.71. The van der Waals surface area contributed by atoms with E-state index < -0.39 is 0 Å². The largest absolute Gasteiger partial charge is 0.378 e. The van der Waals surface area contributed by atoms with E-state index in [1.807, 2.05) is 25.5 Å². The Balaban J connectivity index is 2.09. The number of aromatic nitrogens is 3. The van der Waals surface area contributed by atoms with Crippen molar-refractivity contribution in [3.8, 4) is 5.69 Å². The number of halogens is 1. The minimum atomic E-state index is -0.105. The zero-order valence-corrected chi connectivity index (χ0v) is 13.2. The summed E-state index contributed by atoms with van der Waals surface area (Å²) < 4.78 is 3.58. The van der Waals surface area contributed by atoms with Gasteiger partial charge in [0.25, 0.3) is 5.56 Å². The molecule has 1 saturated carbocycles. The van der Waals surface area contributed by atoms with E-state index in [0.29, 0.717) is 16.8 Å². The third kappa shape index (κ3) is 2.70. The number of hydrogen-bond donors (Lipinski definition) is 1. The quantitative estimate of drug-likeness (QED) is 0.944. The number of hydrogen-bond acceptors (Lipinski definition) is 3. The normalized spacial score (nSPS) is 14.7. The van der Waals surface area contributed by atoms with Gasteiger partial charge in [0.2, 0.25) is 0 Å². The molecule has 0 saturated heterocycles. The van der Waals surface area contributed by atoms with Gasteiger partial charge in [0.05, 0.1) is 28.6 Å². The van der Waals surface area contributed by atoms with Gasteiger partial charge in [-0.05, 0) is 39.7 Å². The molecule has 2 aromatic heterocycles. The van der Waals surface area contributed by atoms with E-state index in [4.69, 9.17) is 11.6 Å². The maximum atomic E-state index is 12.6. The summed E-state index contributed by atoms with van der Waals surface area (Å²) in [5.41, 5.74) is 2.20. The second-order valence-corrected chi connectivity index (χ2v) is 6.27. The van der Waals surface area contributed by atoms with Crippen molar-refractivity contribution in [1.82, 2.24) is 14.3 Å². The van der Waals surface area contributed by atoms with Crippen LogP contribution in [-0.2, 0) is 0 Å². The van der Waals surface area contributed by atoms with E-state index in [1.165, 1.54) is 0 Å². The minimum Gasteiger partial charge on any atom is -0.378 e. The van der Waals surface area contributed by atoms with Crippen LogP contribution in [0.5, 0.6) is 0 Å². The Morgan fingerprint density at radius 1 is 1.43 bits per heavy atom. The summed E-state index contributed by atoms with van der Waals surface area (Å²) in [5, 5.41) is 8.07. The monoisotopic (exact) mass is 306 g/mol. The van der Waals surface area contributed by atoms with Gasteiger partial charge in [-0.3, -0.25) is 14.0 Å². The van der Waals surface area contributed by atoms with Crippen molar-refractivity contribution < 1.29 is 0 Å². The first kappa shape index (κ1) is 14.2. The molecule has 2 aromatic rings. The fourth-order valence-corrected chi connectivity index (χ4v) is 2.69. The Kier molecular flexibility index (Phi) is 3.53. The highest BCUT2D eigenvalue weighted by Gasteiger charge is 2.27. The van der Waals surface area contributed by atoms with Crippen molar-refractivity contribution in [3.05, 3.63) is 39.5 Å². The molecule has 0 aliphatic heterocycles. The highest BCUT2D eigenvalue weighted by Crippen LogP contribution is 2.36. The summed E-state index contributed by atoms with van der Waals surface area (Å²) in [6.45, 7) is 5.96. The summed E-state index contributed by atoms with van der Waals surface area (Å²) in [6, 6.07) is 2.32. The van der Waals surface area contributed by atoms with Crippen molar-refractivity contribution in [2.75, 3.05) is 5.32 Å². The Hall–Kier alpha value is -1.75. The van der Waals surface area contributed by atoms with Crippen LogP contribution in [0.2, 0.25) is 5.02 Å². The molecule has 0 atom stereocenters. The lowest BCUT2D eigenvalue weighted by atomic mass is 10.3. The first-order valence-electron chi connectivity index (χ1n) is 7.20. The highest BCUT2D eigenvalue weighted by atomic mass is 35.5. The van der Waals surface area contributed by atoms with Gasteiger partial charge in [0, 0.05) is 12.2 Å². The van der Waals surface area contributed by atoms with E-state index in [1.54, 1.807) is 23.0 Å². The minimum absolute atomic E-state index is 0.105. The molecule has 5 nitrogen and oxygen atoms in total. The van der Waals surface area contributed by atoms with Crippen LogP contribution in [0.25, 0.3) is 5.69 Å². The molecule has 0 radical (unpaired) electrons. The molecule has 0 unspecified atom stereocenters. The Morgan fingerprint density at radius 2 is 2.14 bits per heavy atom. The van der Waals surface area contributed by atoms with Crippen molar-refractivity contribution in [2.24, 2.45) is 0 Å². The third-order valence-electron chi connectivity index (χ3n) is 3.60. The lowest BCUT2D eigenvalue weighted by molar-refractivity contribution is 0.621. The Labute approximate surface area is 128 Å². The van der Waals surface area contributed by atoms with Crippen LogP contribution in [0.1, 0.15) is 38.4 Å². The van der Waals surface area contributed by atoms with E-state index in [0.717, 1.165) is 24.2 Å². The first-order valence-corrected chi connectivity index (χ1v) is 7.58. The average molecular weight is 307 g/mol. The summed E-state index contributed by atoms with van der Waals surface area (Å²) in [7, 11) is 0. The maximum Gasteiger partial charge on any atom is 0.278 e. The predicted molar refractivity (Wildman–Crippen MR) is 84.6 cm³/mol. The average Bonchev–Trinajstić information content (AvgIpc) is 3.17. The molecule has 6 heteroatoms. The molecule has 3 rings (SSSR count). The SMILES string of the molecule is Cc1c(-n2cc(Cl)cc(NC(C)C)c2=O)cnn1C1CC1. The number of pyridine rings is 1. The lowest BCUT2D eigenvalue weighted by Crippen LogP contribution is -2.24. The van der Waals surface area contributed by atoms with Crippen molar-refractivity contribution in [3.63, 3.8) is 0 Å². The molecule has 1 N–H and O–H groups in total. The Morgan fingerprint density at radius 3 is 2.76 bits per heavy atom. The van der Waals surface area contributed by atoms with Crippen LogP contribution >= 0.6 is 11.6 Å². The van der Waals surface area contributed by atoms with Gasteiger partial charge in [-0.15, -0.1) is 0 Å². The summed E-state index contributed by atoms with van der Waals surface area (Å²) in [5.74, 6) is 0. The molecule has 2 heterocycles. The molecular weight excluding hydrogens is 288 g/mol. The molecule has 0 spiro atoms. The number of anilines is 1. The van der Waals surface area contributed by atoms with E-state index in [-0.39, 0.29) is 11.6 Å². The van der Waals surface area contributed by atoms with E-state index in [2.05, 4.69) is 10.4 Å². The topological polar surface area (TPSA) is 51.9 Å². The second-order valence-electron chi connectivity index (χ2n) is 5.84. The Bertz CT molecular complexity index is 728. The molecule has 1 aliphatic rings. The molecule has 0 bridgehead atoms. The van der Waals surface area contributed by atoms with Crippen LogP contribution in [0.15, 0.2) is 23.3 Å². The number of rotatable bonds is 4. The predicted octanol–water partition coefficient (Wildman–Crippen LogP) is 3.15. The van der Waals surface area contributed by atoms with Gasteiger partial charge in [0.1, 0.15) is 5.69 Å². The van der Waals surface area contributed by atoms with Crippen molar-refractivity contribution in [1.29, 1.82) is 0 Å². The van der Waals surface area contributed by atoms with Crippen LogP contribution in [0.3, 0.4) is 0 Å². The second kappa shape index (κ2) is 5.22. The van der Waals surface area contributed by atoms with Crippen molar-refractivity contribution >= 4 is 17.3 Å². The maximum absolute atomic E-state index is 12.6. The van der Waals surface area contributed by atoms with Gasteiger partial charge in [0.15, 0.2) is 0 Å². The molecule has 0 amide bonds. The molecule has 1 aliphatic carbocycles. The fourth-order valence-electron chi connectivity index (χ4n) is 2.48. The molecule has 21 heavy (non-hydrogen) atoms. The van der Waals surface area contributed by atoms with Gasteiger partial charge >= 0.3 is 0 Å². The molecular formula is C15H19ClN4O. The zero-order chi connectivity index (χ0) is 15.1. The van der Waals surface area contributed by atoms with Gasteiger partial charge in [-0.25, -0.2) is 0 Å². The number of nitrogens with one attached hydrogen (secondary N) is 1. The van der Waals surface area contributed by atoms with Crippen molar-refractivity contribution in [2.45, 2.75) is 45.7 Å². The standard InChI is InChI=1S/C15H19ClN4O/c1-9(2)18-13-6-11(16)8-19(15(13)21)14-7-17-20(10(14)3)12-4-5-12/h6-9,12,18H,4-5H2,1-3H3. The summed E-state index contributed by atoms with van der Waals surface area (Å²) >= 11 is 6.16. The van der Waals surface area contributed by atoms with Crippen LogP contribution in [0, 0.1) is 6.92 Å². The smallest absolute Gasteiger partial charge is 0.278 e. The van der Waals surface area contributed by atoms with Crippen LogP contribution in [-0.4, -0.2) is 20.4 Å². The van der Waals surface area contributed by atoms with Crippen LogP contribution in [0.4, 0.5) is 5.69 Å². The molecule has 0 aromatic carbocycles. The van der Waals surface area contributed by atoms with Gasteiger partial charge in [-0.2, -0.15) is 5.10 Å². The first-order chi connectivity index (χ1) is 9.97. The third-order valence-corrected chi connectivity index (χ3v) is 3.81. The highest BCUT2D eigenvalue weighted by molar-refractivity contribution is 6.30. The summed E-state index contributed by atoms with van der Waals surface area (Å²) in [4.78, 5) is 12.6. The van der Waals surface area contributed by atoms with E-state index in [9.17, 15) is 4.79 Å². The van der Waals surface area contributed by atoms with E-state index >= 15 is 0 Å². The fraction of sp³-hybridized carbons (Fsp3) is 0.467. The molecule has 112 valence electrons. The lowest BCUT2D eigenvalue weighted by Gasteiger charge is -2.13. The zero-order valence-electron chi connectivity index (χ0n) is 12.4. The van der Waals surface area contributed by atoms with Gasteiger partial charge < -0.3 is 5.32 Å². The van der Waals surface area contributed by atoms with Crippen LogP contribution < -0.4 is 10.9 Å². The van der Waals surface area contributed by atoms with Gasteiger partial charge in [-0.1, -0.05) is 11.6 Å². The molecule has 1 fully saturated rings.